The van der Waals surface area contributed by atoms with Crippen LogP contribution in [0, 0.1) is 0 Å². The van der Waals surface area contributed by atoms with Gasteiger partial charge in [0.15, 0.2) is 0 Å². The minimum atomic E-state index is -0.787. The van der Waals surface area contributed by atoms with E-state index in [0.29, 0.717) is 6.61 Å². The van der Waals surface area contributed by atoms with Crippen LogP contribution < -0.4 is 10.2 Å². The predicted octanol–water partition coefficient (Wildman–Crippen LogP) is 1.02. The molecular formula is C18H26N2O5. The van der Waals surface area contributed by atoms with E-state index in [1.807, 2.05) is 24.3 Å². The van der Waals surface area contributed by atoms with Crippen molar-refractivity contribution in [2.75, 3.05) is 44.4 Å². The molecule has 0 spiro atoms. The molecule has 0 aliphatic carbocycles. The van der Waals surface area contributed by atoms with Gasteiger partial charge in [0.2, 0.25) is 5.91 Å². The summed E-state index contributed by atoms with van der Waals surface area (Å²) in [5.74, 6) is -0.672. The van der Waals surface area contributed by atoms with Gasteiger partial charge < -0.3 is 24.8 Å². The maximum atomic E-state index is 11.7. The number of aliphatic hydroxyl groups is 1. The number of hydrogen-bond acceptors (Lipinski definition) is 6. The second-order valence-corrected chi connectivity index (χ2v) is 5.82. The van der Waals surface area contributed by atoms with Gasteiger partial charge in [-0.25, -0.2) is 0 Å². The van der Waals surface area contributed by atoms with Crippen molar-refractivity contribution in [2.45, 2.75) is 25.9 Å². The van der Waals surface area contributed by atoms with Gasteiger partial charge in [0.25, 0.3) is 0 Å². The highest BCUT2D eigenvalue weighted by Crippen LogP contribution is 2.20. The molecule has 1 unspecified atom stereocenters. The zero-order chi connectivity index (χ0) is 18.1. The molecule has 1 aromatic carbocycles. The Morgan fingerprint density at radius 3 is 2.56 bits per heavy atom. The third-order valence-corrected chi connectivity index (χ3v) is 4.01. The van der Waals surface area contributed by atoms with Crippen molar-refractivity contribution >= 4 is 17.6 Å². The highest BCUT2D eigenvalue weighted by atomic mass is 16.5. The van der Waals surface area contributed by atoms with Gasteiger partial charge in [-0.05, 0) is 24.6 Å². The topological polar surface area (TPSA) is 88.1 Å². The van der Waals surface area contributed by atoms with Gasteiger partial charge in [0.05, 0.1) is 32.3 Å². The lowest BCUT2D eigenvalue weighted by Gasteiger charge is -2.29. The number of nitrogens with zero attached hydrogens (tertiary/aromatic N) is 1. The van der Waals surface area contributed by atoms with Gasteiger partial charge in [0.1, 0.15) is 0 Å². The van der Waals surface area contributed by atoms with Crippen molar-refractivity contribution in [3.8, 4) is 0 Å². The smallest absolute Gasteiger partial charge is 0.306 e. The molecule has 1 heterocycles. The van der Waals surface area contributed by atoms with E-state index >= 15 is 0 Å². The van der Waals surface area contributed by atoms with Crippen LogP contribution in [0.2, 0.25) is 0 Å². The van der Waals surface area contributed by atoms with E-state index in [9.17, 15) is 14.7 Å². The molecule has 0 radical (unpaired) electrons. The zero-order valence-electron chi connectivity index (χ0n) is 14.6. The lowest BCUT2D eigenvalue weighted by molar-refractivity contribution is -0.144. The molecule has 1 aliphatic rings. The summed E-state index contributed by atoms with van der Waals surface area (Å²) in [6.07, 6.45) is -0.684. The fourth-order valence-electron chi connectivity index (χ4n) is 2.59. The van der Waals surface area contributed by atoms with Gasteiger partial charge in [0, 0.05) is 31.7 Å². The van der Waals surface area contributed by atoms with Crippen LogP contribution in [0.4, 0.5) is 5.69 Å². The first-order valence-corrected chi connectivity index (χ1v) is 8.63. The van der Waals surface area contributed by atoms with Crippen LogP contribution in [0.25, 0.3) is 0 Å². The van der Waals surface area contributed by atoms with E-state index in [4.69, 9.17) is 9.47 Å². The van der Waals surface area contributed by atoms with Gasteiger partial charge in [-0.3, -0.25) is 9.59 Å². The fraction of sp³-hybridized carbons (Fsp3) is 0.556. The second kappa shape index (κ2) is 10.0. The number of carbonyl (C=O) groups is 2. The Balaban J connectivity index is 1.75. The quantitative estimate of drug-likeness (QED) is 0.681. The molecule has 1 amide bonds. The second-order valence-electron chi connectivity index (χ2n) is 5.82. The zero-order valence-corrected chi connectivity index (χ0v) is 14.6. The van der Waals surface area contributed by atoms with Gasteiger partial charge in [-0.1, -0.05) is 12.1 Å². The average Bonchev–Trinajstić information content (AvgIpc) is 2.65. The molecule has 25 heavy (non-hydrogen) atoms. The van der Waals surface area contributed by atoms with Crippen molar-refractivity contribution in [1.82, 2.24) is 5.32 Å². The molecule has 1 aromatic rings. The molecule has 0 aromatic heterocycles. The molecule has 7 nitrogen and oxygen atoms in total. The van der Waals surface area contributed by atoms with E-state index in [0.717, 1.165) is 37.6 Å². The first-order valence-electron chi connectivity index (χ1n) is 8.63. The van der Waals surface area contributed by atoms with E-state index in [-0.39, 0.29) is 25.3 Å². The molecule has 138 valence electrons. The number of hydrogen-bond donors (Lipinski definition) is 2. The van der Waals surface area contributed by atoms with E-state index in [1.54, 1.807) is 6.92 Å². The Labute approximate surface area is 147 Å². The average molecular weight is 350 g/mol. The van der Waals surface area contributed by atoms with Crippen LogP contribution in [0.15, 0.2) is 24.3 Å². The van der Waals surface area contributed by atoms with Crippen molar-refractivity contribution in [3.05, 3.63) is 29.8 Å². The molecule has 1 aliphatic heterocycles. The number of morpholine rings is 1. The van der Waals surface area contributed by atoms with Gasteiger partial charge in [-0.2, -0.15) is 0 Å². The minimum absolute atomic E-state index is 0.0456. The van der Waals surface area contributed by atoms with Gasteiger partial charge in [-0.15, -0.1) is 0 Å². The van der Waals surface area contributed by atoms with Crippen molar-refractivity contribution in [3.63, 3.8) is 0 Å². The Morgan fingerprint density at radius 2 is 1.92 bits per heavy atom. The summed E-state index contributed by atoms with van der Waals surface area (Å²) < 4.78 is 10.1. The molecule has 1 saturated heterocycles. The number of anilines is 1. The van der Waals surface area contributed by atoms with Crippen molar-refractivity contribution in [1.29, 1.82) is 0 Å². The highest BCUT2D eigenvalue weighted by Gasteiger charge is 2.14. The molecule has 1 atom stereocenters. The molecule has 0 bridgehead atoms. The monoisotopic (exact) mass is 350 g/mol. The Morgan fingerprint density at radius 1 is 1.24 bits per heavy atom. The normalized spacial score (nSPS) is 15.5. The maximum absolute atomic E-state index is 11.7. The number of amides is 1. The predicted molar refractivity (Wildman–Crippen MR) is 93.3 cm³/mol. The molecule has 0 saturated carbocycles. The van der Waals surface area contributed by atoms with Crippen LogP contribution >= 0.6 is 0 Å². The van der Waals surface area contributed by atoms with Crippen molar-refractivity contribution in [2.24, 2.45) is 0 Å². The van der Waals surface area contributed by atoms with E-state index in [1.165, 1.54) is 0 Å². The molecule has 2 N–H and O–H groups in total. The largest absolute Gasteiger partial charge is 0.466 e. The molecule has 7 heteroatoms. The highest BCUT2D eigenvalue weighted by molar-refractivity contribution is 5.81. The Hall–Kier alpha value is -2.12. The lowest BCUT2D eigenvalue weighted by Crippen LogP contribution is -2.36. The number of ether oxygens (including phenoxy) is 2. The summed E-state index contributed by atoms with van der Waals surface area (Å²) in [4.78, 5) is 25.1. The van der Waals surface area contributed by atoms with Crippen LogP contribution in [0.5, 0.6) is 0 Å². The number of carbonyl (C=O) groups excluding carboxylic acids is 2. The lowest BCUT2D eigenvalue weighted by atomic mass is 10.1. The number of benzene rings is 1. The summed E-state index contributed by atoms with van der Waals surface area (Å²) in [5.41, 5.74) is 1.83. The summed E-state index contributed by atoms with van der Waals surface area (Å²) in [6, 6.07) is 7.65. The fourth-order valence-corrected chi connectivity index (χ4v) is 2.59. The first kappa shape index (κ1) is 19.2. The van der Waals surface area contributed by atoms with E-state index < -0.39 is 12.1 Å². The van der Waals surface area contributed by atoms with Crippen LogP contribution in [-0.4, -0.2) is 56.4 Å². The van der Waals surface area contributed by atoms with Crippen molar-refractivity contribution < 1.29 is 24.2 Å². The van der Waals surface area contributed by atoms with Crippen LogP contribution in [-0.2, 0) is 19.1 Å². The Bertz CT molecular complexity index is 555. The summed E-state index contributed by atoms with van der Waals surface area (Å²) in [6.45, 7) is 5.30. The SMILES string of the molecule is CCOC(=O)CCC(=O)NCC(O)c1ccc(N2CCOCC2)cc1. The molecule has 1 fully saturated rings. The third-order valence-electron chi connectivity index (χ3n) is 4.01. The number of nitrogens with one attached hydrogen (secondary N) is 1. The van der Waals surface area contributed by atoms with E-state index in [2.05, 4.69) is 10.2 Å². The first-order chi connectivity index (χ1) is 12.1. The minimum Gasteiger partial charge on any atom is -0.466 e. The third kappa shape index (κ3) is 6.36. The standard InChI is InChI=1S/C18H26N2O5/c1-2-25-18(23)8-7-17(22)19-13-16(21)14-3-5-15(6-4-14)20-9-11-24-12-10-20/h3-6,16,21H,2,7-13H2,1H3,(H,19,22). The summed E-state index contributed by atoms with van der Waals surface area (Å²) in [5, 5.41) is 12.8. The van der Waals surface area contributed by atoms with Gasteiger partial charge >= 0.3 is 5.97 Å². The number of esters is 1. The molecular weight excluding hydrogens is 324 g/mol. The number of aliphatic hydroxyl groups excluding tert-OH is 1. The van der Waals surface area contributed by atoms with Crippen LogP contribution in [0.1, 0.15) is 31.4 Å². The molecule has 2 rings (SSSR count). The number of rotatable bonds is 8. The summed E-state index contributed by atoms with van der Waals surface area (Å²) in [7, 11) is 0. The maximum Gasteiger partial charge on any atom is 0.306 e. The van der Waals surface area contributed by atoms with Crippen LogP contribution in [0.3, 0.4) is 0 Å². The Kier molecular flexibility index (Phi) is 7.69. The summed E-state index contributed by atoms with van der Waals surface area (Å²) >= 11 is 0.